The van der Waals surface area contributed by atoms with E-state index in [2.05, 4.69) is 0 Å². The van der Waals surface area contributed by atoms with Gasteiger partial charge in [-0.2, -0.15) is 5.26 Å². The maximum atomic E-state index is 12.2. The quantitative estimate of drug-likeness (QED) is 0.424. The molecule has 0 aromatic heterocycles. The highest BCUT2D eigenvalue weighted by Gasteiger charge is 2.32. The predicted molar refractivity (Wildman–Crippen MR) is 61.0 cm³/mol. The molecular weight excluding hydrogens is 229 g/mol. The van der Waals surface area contributed by atoms with Crippen LogP contribution in [-0.2, 0) is 13.6 Å². The molecule has 0 aromatic carbocycles. The van der Waals surface area contributed by atoms with Crippen molar-refractivity contribution in [1.29, 1.82) is 5.26 Å². The van der Waals surface area contributed by atoms with E-state index in [1.165, 1.54) is 6.92 Å². The number of aliphatic hydroxyl groups is 1. The molecule has 0 atom stereocenters. The van der Waals surface area contributed by atoms with Crippen LogP contribution in [-0.4, -0.2) is 18.3 Å². The maximum absolute atomic E-state index is 12.2. The predicted octanol–water partition coefficient (Wildman–Crippen LogP) is 3.35. The Kier molecular flexibility index (Phi) is 7.07. The lowest BCUT2D eigenvalue weighted by atomic mass is 10.5. The highest BCUT2D eigenvalue weighted by Crippen LogP contribution is 2.56. The van der Waals surface area contributed by atoms with Crippen LogP contribution in [0.5, 0.6) is 0 Å². The van der Waals surface area contributed by atoms with Crippen molar-refractivity contribution in [3.05, 3.63) is 11.1 Å². The van der Waals surface area contributed by atoms with Crippen molar-refractivity contribution in [3.63, 3.8) is 0 Å². The first kappa shape index (κ1) is 15.2. The Morgan fingerprint density at radius 2 is 1.75 bits per heavy atom. The summed E-state index contributed by atoms with van der Waals surface area (Å²) in [6.07, 6.45) is 1.31. The molecule has 0 heterocycles. The second kappa shape index (κ2) is 7.45. The van der Waals surface area contributed by atoms with Crippen molar-refractivity contribution in [3.8, 4) is 6.07 Å². The zero-order valence-electron chi connectivity index (χ0n) is 9.89. The molecule has 0 fully saturated rings. The summed E-state index contributed by atoms with van der Waals surface area (Å²) in [6.45, 7) is 5.44. The second-order valence-electron chi connectivity index (χ2n) is 3.21. The SMILES string of the molecule is CCCOP(=O)(OCCC)/C(C#N)=C(/C)O. The van der Waals surface area contributed by atoms with Crippen LogP contribution in [0.25, 0.3) is 0 Å². The van der Waals surface area contributed by atoms with E-state index < -0.39 is 7.60 Å². The Balaban J connectivity index is 4.99. The van der Waals surface area contributed by atoms with Crippen LogP contribution in [0.15, 0.2) is 11.1 Å². The standard InChI is InChI=1S/C10H18NO4P/c1-4-6-14-16(13,15-7-5-2)10(8-11)9(3)12/h12H,4-7H2,1-3H3/b10-9-. The number of nitrogens with zero attached hydrogens (tertiary/aromatic N) is 1. The average Bonchev–Trinajstić information content (AvgIpc) is 2.24. The molecule has 5 nitrogen and oxygen atoms in total. The minimum Gasteiger partial charge on any atom is -0.511 e. The fraction of sp³-hybridized carbons (Fsp3) is 0.700. The molecule has 0 aliphatic heterocycles. The zero-order valence-corrected chi connectivity index (χ0v) is 10.8. The van der Waals surface area contributed by atoms with Gasteiger partial charge in [-0.25, -0.2) is 0 Å². The largest absolute Gasteiger partial charge is 0.511 e. The van der Waals surface area contributed by atoms with Gasteiger partial charge in [0.15, 0.2) is 5.31 Å². The van der Waals surface area contributed by atoms with Gasteiger partial charge in [0, 0.05) is 0 Å². The number of nitriles is 1. The van der Waals surface area contributed by atoms with Crippen LogP contribution in [0, 0.1) is 11.3 Å². The van der Waals surface area contributed by atoms with E-state index in [9.17, 15) is 9.67 Å². The molecule has 0 radical (unpaired) electrons. The Bertz CT molecular complexity index is 316. The molecule has 1 N–H and O–H groups in total. The summed E-state index contributed by atoms with van der Waals surface area (Å²) in [7, 11) is -3.65. The first-order valence-corrected chi connectivity index (χ1v) is 6.75. The minimum atomic E-state index is -3.65. The van der Waals surface area contributed by atoms with E-state index >= 15 is 0 Å². The molecule has 16 heavy (non-hydrogen) atoms. The summed E-state index contributed by atoms with van der Waals surface area (Å²) >= 11 is 0. The molecule has 0 aliphatic carbocycles. The molecule has 0 amide bonds. The van der Waals surface area contributed by atoms with Gasteiger partial charge in [0.2, 0.25) is 0 Å². The Morgan fingerprint density at radius 1 is 1.31 bits per heavy atom. The van der Waals surface area contributed by atoms with Crippen molar-refractivity contribution >= 4 is 7.60 Å². The Morgan fingerprint density at radius 3 is 2.00 bits per heavy atom. The molecule has 0 spiro atoms. The van der Waals surface area contributed by atoms with Crippen molar-refractivity contribution in [1.82, 2.24) is 0 Å². The van der Waals surface area contributed by atoms with Gasteiger partial charge in [0.05, 0.1) is 13.2 Å². The third-order valence-corrected chi connectivity index (χ3v) is 3.67. The molecule has 92 valence electrons. The lowest BCUT2D eigenvalue weighted by Crippen LogP contribution is -2.01. The summed E-state index contributed by atoms with van der Waals surface area (Å²) < 4.78 is 22.4. The van der Waals surface area contributed by atoms with Gasteiger partial charge in [-0.15, -0.1) is 0 Å². The van der Waals surface area contributed by atoms with Crippen molar-refractivity contribution in [2.75, 3.05) is 13.2 Å². The molecule has 0 unspecified atom stereocenters. The highest BCUT2D eigenvalue weighted by atomic mass is 31.2. The minimum absolute atomic E-state index is 0.222. The number of hydrogen-bond acceptors (Lipinski definition) is 5. The summed E-state index contributed by atoms with van der Waals surface area (Å²) in [5, 5.41) is 17.8. The van der Waals surface area contributed by atoms with Gasteiger partial charge in [0.1, 0.15) is 11.8 Å². The summed E-state index contributed by atoms with van der Waals surface area (Å²) in [4.78, 5) is 0. The van der Waals surface area contributed by atoms with Crippen molar-refractivity contribution < 1.29 is 18.7 Å². The molecule has 6 heteroatoms. The molecule has 0 aromatic rings. The zero-order chi connectivity index (χ0) is 12.6. The van der Waals surface area contributed by atoms with Crippen LogP contribution >= 0.6 is 7.60 Å². The summed E-state index contributed by atoms with van der Waals surface area (Å²) in [5.41, 5.74) is 0. The molecule has 0 saturated heterocycles. The van der Waals surface area contributed by atoms with Gasteiger partial charge >= 0.3 is 7.60 Å². The van der Waals surface area contributed by atoms with E-state index in [-0.39, 0.29) is 24.3 Å². The van der Waals surface area contributed by atoms with Crippen LogP contribution < -0.4 is 0 Å². The summed E-state index contributed by atoms with van der Waals surface area (Å²) in [5.74, 6) is -0.321. The van der Waals surface area contributed by atoms with E-state index in [1.54, 1.807) is 6.07 Å². The van der Waals surface area contributed by atoms with Crippen LogP contribution in [0.4, 0.5) is 0 Å². The monoisotopic (exact) mass is 247 g/mol. The number of allylic oxidation sites excluding steroid dienone is 2. The van der Waals surface area contributed by atoms with Crippen molar-refractivity contribution in [2.45, 2.75) is 33.6 Å². The maximum Gasteiger partial charge on any atom is 0.375 e. The van der Waals surface area contributed by atoms with E-state index in [4.69, 9.17) is 14.3 Å². The third-order valence-electron chi connectivity index (χ3n) is 1.65. The first-order valence-electron chi connectivity index (χ1n) is 5.21. The van der Waals surface area contributed by atoms with Crippen LogP contribution in [0.3, 0.4) is 0 Å². The van der Waals surface area contributed by atoms with Gasteiger partial charge in [0.25, 0.3) is 0 Å². The number of aliphatic hydroxyl groups excluding tert-OH is 1. The summed E-state index contributed by atoms with van der Waals surface area (Å²) in [6, 6.07) is 1.68. The van der Waals surface area contributed by atoms with Gasteiger partial charge in [-0.3, -0.25) is 4.57 Å². The molecule has 0 bridgehead atoms. The van der Waals surface area contributed by atoms with Crippen molar-refractivity contribution in [2.24, 2.45) is 0 Å². The van der Waals surface area contributed by atoms with Gasteiger partial charge in [-0.05, 0) is 19.8 Å². The van der Waals surface area contributed by atoms with E-state index in [1.807, 2.05) is 13.8 Å². The van der Waals surface area contributed by atoms with Crippen LogP contribution in [0.1, 0.15) is 33.6 Å². The van der Waals surface area contributed by atoms with Crippen LogP contribution in [0.2, 0.25) is 0 Å². The smallest absolute Gasteiger partial charge is 0.375 e. The topological polar surface area (TPSA) is 79.5 Å². The highest BCUT2D eigenvalue weighted by molar-refractivity contribution is 7.58. The second-order valence-corrected chi connectivity index (χ2v) is 5.17. The first-order chi connectivity index (χ1) is 7.51. The third kappa shape index (κ3) is 4.36. The van der Waals surface area contributed by atoms with E-state index in [0.717, 1.165) is 0 Å². The van der Waals surface area contributed by atoms with E-state index in [0.29, 0.717) is 12.8 Å². The van der Waals surface area contributed by atoms with Gasteiger partial charge < -0.3 is 14.2 Å². The lowest BCUT2D eigenvalue weighted by molar-refractivity contribution is 0.210. The fourth-order valence-corrected chi connectivity index (χ4v) is 2.63. The fourth-order valence-electron chi connectivity index (χ4n) is 0.930. The number of hydrogen-bond donors (Lipinski definition) is 1. The number of rotatable bonds is 7. The normalized spacial score (nSPS) is 13.1. The van der Waals surface area contributed by atoms with Gasteiger partial charge in [-0.1, -0.05) is 13.8 Å². The Hall–Kier alpha value is -0.820. The molecular formula is C10H18NO4P. The molecule has 0 aliphatic rings. The lowest BCUT2D eigenvalue weighted by Gasteiger charge is -2.17. The molecule has 0 rings (SSSR count). The Labute approximate surface area is 96.2 Å². The molecule has 0 saturated carbocycles. The average molecular weight is 247 g/mol.